The molecule has 1 aromatic carbocycles. The minimum absolute atomic E-state index is 0.127. The van der Waals surface area contributed by atoms with Crippen molar-refractivity contribution in [3.63, 3.8) is 0 Å². The zero-order valence-corrected chi connectivity index (χ0v) is 12.3. The summed E-state index contributed by atoms with van der Waals surface area (Å²) in [6.07, 6.45) is -3.92. The number of hydrogen-bond acceptors (Lipinski definition) is 5. The number of ether oxygens (including phenoxy) is 1. The minimum Gasteiger partial charge on any atom is -0.495 e. The maximum Gasteiger partial charge on any atom is 0.421 e. The van der Waals surface area contributed by atoms with Gasteiger partial charge in [-0.2, -0.15) is 18.2 Å². The Labute approximate surface area is 129 Å². The summed E-state index contributed by atoms with van der Waals surface area (Å²) in [5.41, 5.74) is -0.810. The van der Waals surface area contributed by atoms with Crippen LogP contribution < -0.4 is 15.4 Å². The molecule has 2 aromatic rings. The van der Waals surface area contributed by atoms with Crippen molar-refractivity contribution in [1.29, 1.82) is 0 Å². The van der Waals surface area contributed by atoms with Crippen LogP contribution in [0.4, 0.5) is 35.0 Å². The molecule has 0 aliphatic heterocycles. The number of nitrogens with zero attached hydrogens (tertiary/aromatic N) is 2. The molecular weight excluding hydrogens is 316 g/mol. The zero-order valence-electron chi connectivity index (χ0n) is 12.3. The summed E-state index contributed by atoms with van der Waals surface area (Å²) >= 11 is 0. The fraction of sp³-hybridized carbons (Fsp3) is 0.286. The van der Waals surface area contributed by atoms with Crippen LogP contribution in [0.5, 0.6) is 5.75 Å². The zero-order chi connectivity index (χ0) is 17.0. The third kappa shape index (κ3) is 3.99. The third-order valence-corrected chi connectivity index (χ3v) is 2.78. The van der Waals surface area contributed by atoms with Crippen molar-refractivity contribution in [2.45, 2.75) is 13.1 Å². The first kappa shape index (κ1) is 16.8. The molecule has 1 aromatic heterocycles. The highest BCUT2D eigenvalue weighted by atomic mass is 19.4. The van der Waals surface area contributed by atoms with E-state index in [2.05, 4.69) is 26.7 Å². The van der Waals surface area contributed by atoms with E-state index in [1.54, 1.807) is 6.92 Å². The van der Waals surface area contributed by atoms with Gasteiger partial charge in [0.2, 0.25) is 5.95 Å². The molecule has 0 aliphatic carbocycles. The van der Waals surface area contributed by atoms with E-state index >= 15 is 0 Å². The minimum atomic E-state index is -4.58. The van der Waals surface area contributed by atoms with Crippen LogP contribution in [0.25, 0.3) is 0 Å². The fourth-order valence-corrected chi connectivity index (χ4v) is 1.79. The first-order chi connectivity index (χ1) is 10.8. The Morgan fingerprint density at radius 3 is 2.70 bits per heavy atom. The van der Waals surface area contributed by atoms with Crippen molar-refractivity contribution in [3.05, 3.63) is 35.8 Å². The Bertz CT molecular complexity index is 691. The monoisotopic (exact) mass is 329 g/mol. The number of benzene rings is 1. The number of hydrogen-bond donors (Lipinski definition) is 2. The smallest absolute Gasteiger partial charge is 0.421 e. The van der Waals surface area contributed by atoms with E-state index in [1.807, 2.05) is 0 Å². The summed E-state index contributed by atoms with van der Waals surface area (Å²) in [5, 5.41) is 5.15. The van der Waals surface area contributed by atoms with Crippen LogP contribution in [0, 0.1) is 11.9 Å². The van der Waals surface area contributed by atoms with Crippen LogP contribution in [0.15, 0.2) is 18.3 Å². The van der Waals surface area contributed by atoms with Gasteiger partial charge in [0.1, 0.15) is 22.9 Å². The SMILES string of the molecule is CCNc1nc(Nc2cc(F)[c]cc2OC)ncc1C(F)(F)F. The maximum absolute atomic E-state index is 13.3. The van der Waals surface area contributed by atoms with E-state index in [-0.39, 0.29) is 29.7 Å². The summed E-state index contributed by atoms with van der Waals surface area (Å²) in [7, 11) is 1.37. The van der Waals surface area contributed by atoms with Gasteiger partial charge in [-0.15, -0.1) is 0 Å². The van der Waals surface area contributed by atoms with Crippen LogP contribution in [-0.2, 0) is 6.18 Å². The first-order valence-corrected chi connectivity index (χ1v) is 6.55. The molecule has 9 heteroatoms. The van der Waals surface area contributed by atoms with Gasteiger partial charge in [0.15, 0.2) is 0 Å². The van der Waals surface area contributed by atoms with Crippen molar-refractivity contribution in [2.75, 3.05) is 24.3 Å². The van der Waals surface area contributed by atoms with Gasteiger partial charge in [-0.05, 0) is 13.0 Å². The van der Waals surface area contributed by atoms with Crippen molar-refractivity contribution in [3.8, 4) is 5.75 Å². The Balaban J connectivity index is 2.38. The maximum atomic E-state index is 13.3. The lowest BCUT2D eigenvalue weighted by molar-refractivity contribution is -0.137. The second-order valence-corrected chi connectivity index (χ2v) is 4.37. The summed E-state index contributed by atoms with van der Waals surface area (Å²) < 4.78 is 56.9. The van der Waals surface area contributed by atoms with Crippen LogP contribution in [0.2, 0.25) is 0 Å². The molecule has 0 amide bonds. The Morgan fingerprint density at radius 1 is 1.35 bits per heavy atom. The number of rotatable bonds is 5. The molecule has 0 saturated carbocycles. The number of alkyl halides is 3. The molecule has 0 bridgehead atoms. The van der Waals surface area contributed by atoms with E-state index in [1.165, 1.54) is 13.2 Å². The third-order valence-electron chi connectivity index (χ3n) is 2.78. The highest BCUT2D eigenvalue weighted by molar-refractivity contribution is 5.63. The molecule has 0 fully saturated rings. The van der Waals surface area contributed by atoms with Gasteiger partial charge in [0, 0.05) is 24.9 Å². The van der Waals surface area contributed by atoms with Crippen LogP contribution in [0.3, 0.4) is 0 Å². The van der Waals surface area contributed by atoms with Gasteiger partial charge in [-0.25, -0.2) is 9.37 Å². The van der Waals surface area contributed by atoms with Crippen LogP contribution in [0.1, 0.15) is 12.5 Å². The molecule has 0 atom stereocenters. The molecule has 1 heterocycles. The largest absolute Gasteiger partial charge is 0.495 e. The second kappa shape index (κ2) is 6.67. The van der Waals surface area contributed by atoms with E-state index in [9.17, 15) is 17.6 Å². The predicted molar refractivity (Wildman–Crippen MR) is 76.3 cm³/mol. The lowest BCUT2D eigenvalue weighted by Gasteiger charge is -2.14. The molecule has 2 N–H and O–H groups in total. The summed E-state index contributed by atoms with van der Waals surface area (Å²) in [4.78, 5) is 7.41. The molecule has 5 nitrogen and oxygen atoms in total. The molecule has 1 radical (unpaired) electrons. The van der Waals surface area contributed by atoms with Crippen molar-refractivity contribution in [1.82, 2.24) is 9.97 Å². The van der Waals surface area contributed by atoms with Gasteiger partial charge < -0.3 is 15.4 Å². The number of anilines is 3. The second-order valence-electron chi connectivity index (χ2n) is 4.37. The van der Waals surface area contributed by atoms with E-state index in [0.717, 1.165) is 6.07 Å². The fourth-order valence-electron chi connectivity index (χ4n) is 1.79. The summed E-state index contributed by atoms with van der Waals surface area (Å²) in [5.74, 6) is -0.899. The number of methoxy groups -OCH3 is 1. The lowest BCUT2D eigenvalue weighted by Crippen LogP contribution is -2.14. The van der Waals surface area contributed by atoms with Crippen LogP contribution in [-0.4, -0.2) is 23.6 Å². The van der Waals surface area contributed by atoms with Gasteiger partial charge in [-0.1, -0.05) is 0 Å². The Morgan fingerprint density at radius 2 is 2.09 bits per heavy atom. The van der Waals surface area contributed by atoms with Crippen LogP contribution >= 0.6 is 0 Å². The quantitative estimate of drug-likeness (QED) is 0.821. The molecule has 0 aliphatic rings. The summed E-state index contributed by atoms with van der Waals surface area (Å²) in [6.45, 7) is 1.89. The summed E-state index contributed by atoms with van der Waals surface area (Å²) in [6, 6.07) is 4.64. The molecule has 23 heavy (non-hydrogen) atoms. The van der Waals surface area contributed by atoms with Gasteiger partial charge >= 0.3 is 6.18 Å². The van der Waals surface area contributed by atoms with Gasteiger partial charge in [-0.3, -0.25) is 0 Å². The predicted octanol–water partition coefficient (Wildman–Crippen LogP) is 3.62. The first-order valence-electron chi connectivity index (χ1n) is 6.55. The van der Waals surface area contributed by atoms with E-state index in [0.29, 0.717) is 6.20 Å². The highest BCUT2D eigenvalue weighted by Gasteiger charge is 2.35. The Kier molecular flexibility index (Phi) is 4.87. The molecular formula is C14H13F4N4O. The lowest BCUT2D eigenvalue weighted by atomic mass is 10.2. The molecule has 2 rings (SSSR count). The Hall–Kier alpha value is -2.58. The molecule has 0 spiro atoms. The van der Waals surface area contributed by atoms with Crippen molar-refractivity contribution in [2.24, 2.45) is 0 Å². The highest BCUT2D eigenvalue weighted by Crippen LogP contribution is 2.34. The van der Waals surface area contributed by atoms with Gasteiger partial charge in [0.05, 0.1) is 12.8 Å². The van der Waals surface area contributed by atoms with E-state index < -0.39 is 17.6 Å². The van der Waals surface area contributed by atoms with Crippen molar-refractivity contribution >= 4 is 17.5 Å². The normalized spacial score (nSPS) is 11.2. The molecule has 0 saturated heterocycles. The molecule has 0 unspecified atom stereocenters. The number of aromatic nitrogens is 2. The average molecular weight is 329 g/mol. The topological polar surface area (TPSA) is 59.1 Å². The molecule has 123 valence electrons. The van der Waals surface area contributed by atoms with E-state index in [4.69, 9.17) is 4.74 Å². The number of halogens is 4. The standard InChI is InChI=1S/C14H13F4N4O/c1-3-19-12-9(14(16,17)18)7-20-13(22-12)21-10-6-8(15)4-5-11(10)23-2/h5-7H,3H2,1-2H3,(H2,19,20,21,22). The number of nitrogens with one attached hydrogen (secondary N) is 2. The van der Waals surface area contributed by atoms with Crippen molar-refractivity contribution < 1.29 is 22.3 Å². The average Bonchev–Trinajstić information content (AvgIpc) is 2.47. The van der Waals surface area contributed by atoms with Gasteiger partial charge in [0.25, 0.3) is 0 Å².